The van der Waals surface area contributed by atoms with Gasteiger partial charge in [-0.25, -0.2) is 19.3 Å². The molecule has 0 spiro atoms. The molecule has 2 fully saturated rings. The van der Waals surface area contributed by atoms with Crippen LogP contribution in [0.5, 0.6) is 0 Å². The molecule has 23 nitrogen and oxygen atoms in total. The normalized spacial score (nSPS) is 30.7. The Morgan fingerprint density at radius 3 is 2.64 bits per heavy atom. The van der Waals surface area contributed by atoms with E-state index in [0.29, 0.717) is 0 Å². The molecule has 2 aliphatic rings. The minimum atomic E-state index is -5.19. The van der Waals surface area contributed by atoms with Gasteiger partial charge in [-0.3, -0.25) is 32.9 Å². The largest absolute Gasteiger partial charge is 0.472 e. The van der Waals surface area contributed by atoms with Crippen molar-refractivity contribution in [3.63, 3.8) is 0 Å². The summed E-state index contributed by atoms with van der Waals surface area (Å²) in [6.45, 7) is -1.61. The number of aromatic nitrogens is 8. The van der Waals surface area contributed by atoms with Crippen LogP contribution in [-0.4, -0.2) is 114 Å². The van der Waals surface area contributed by atoms with Crippen molar-refractivity contribution in [3.05, 3.63) is 45.3 Å². The molecule has 2 aliphatic heterocycles. The Hall–Kier alpha value is -3.44. The van der Waals surface area contributed by atoms with Crippen LogP contribution in [0.2, 0.25) is 0 Å². The van der Waals surface area contributed by atoms with E-state index < -0.39 is 89.5 Å². The van der Waals surface area contributed by atoms with Gasteiger partial charge in [0.05, 0.1) is 32.1 Å². The summed E-state index contributed by atoms with van der Waals surface area (Å²) in [5.41, 5.74) is 4.04. The van der Waals surface area contributed by atoms with E-state index in [4.69, 9.17) is 28.8 Å². The first-order valence-corrected chi connectivity index (χ1v) is 15.6. The predicted molar refractivity (Wildman–Crippen MR) is 144 cm³/mol. The molecule has 244 valence electrons. The Kier molecular flexibility index (Phi) is 8.45. The topological polar surface area (TPSA) is 334 Å². The average molecular weight is 677 g/mol. The number of ether oxygens (including phenoxy) is 2. The number of phosphoric ester groups is 1. The van der Waals surface area contributed by atoms with E-state index in [1.54, 1.807) is 0 Å². The highest BCUT2D eigenvalue weighted by atomic mass is 31.2. The SMILES string of the molecule is Nc1nc2c(ncn2[C@@H]2O[C@H](CO)[C@H](O)[C@@H]2OP(=O)(O)OC[C@H]2O[C@@H](c3cnn4c(=O)[nH]cnc34)[C@@H](O)[C@H]2O[PH](=O)O)c(=O)[nH]1. The number of nitrogens with zero attached hydrogens (tertiary/aromatic N) is 6. The maximum atomic E-state index is 13.1. The molecule has 45 heavy (non-hydrogen) atoms. The van der Waals surface area contributed by atoms with Crippen molar-refractivity contribution in [1.82, 2.24) is 39.1 Å². The van der Waals surface area contributed by atoms with Gasteiger partial charge >= 0.3 is 21.8 Å². The van der Waals surface area contributed by atoms with Gasteiger partial charge in [-0.15, -0.1) is 0 Å². The number of rotatable bonds is 10. The van der Waals surface area contributed by atoms with E-state index in [-0.39, 0.29) is 28.3 Å². The van der Waals surface area contributed by atoms with Crippen LogP contribution in [0.1, 0.15) is 17.9 Å². The van der Waals surface area contributed by atoms with Crippen molar-refractivity contribution in [2.45, 2.75) is 49.0 Å². The quantitative estimate of drug-likeness (QED) is 0.0753. The van der Waals surface area contributed by atoms with E-state index in [1.165, 1.54) is 6.20 Å². The number of anilines is 1. The molecule has 4 aromatic heterocycles. The Morgan fingerprint density at radius 2 is 1.91 bits per heavy atom. The van der Waals surface area contributed by atoms with E-state index in [0.717, 1.165) is 21.7 Å². The number of nitrogens with two attached hydrogens (primary N) is 1. The summed E-state index contributed by atoms with van der Waals surface area (Å²) in [5.74, 6) is -0.286. The van der Waals surface area contributed by atoms with Crippen LogP contribution in [-0.2, 0) is 32.2 Å². The summed E-state index contributed by atoms with van der Waals surface area (Å²) in [4.78, 5) is 60.7. The monoisotopic (exact) mass is 677 g/mol. The molecule has 0 bridgehead atoms. The van der Waals surface area contributed by atoms with Gasteiger partial charge in [0.15, 0.2) is 23.0 Å². The van der Waals surface area contributed by atoms with E-state index >= 15 is 0 Å². The second-order valence-electron chi connectivity index (χ2n) is 9.82. The molecule has 10 atom stereocenters. The Labute approximate surface area is 248 Å². The lowest BCUT2D eigenvalue weighted by molar-refractivity contribution is -0.0544. The number of hydrogen-bond acceptors (Lipinski definition) is 17. The molecule has 25 heteroatoms. The first-order valence-electron chi connectivity index (χ1n) is 12.9. The summed E-state index contributed by atoms with van der Waals surface area (Å²) < 4.78 is 53.3. The molecule has 0 saturated carbocycles. The summed E-state index contributed by atoms with van der Waals surface area (Å²) in [6.07, 6.45) is -8.94. The summed E-state index contributed by atoms with van der Waals surface area (Å²) in [7, 11) is -8.87. The molecule has 2 saturated heterocycles. The van der Waals surface area contributed by atoms with Crippen molar-refractivity contribution in [2.24, 2.45) is 0 Å². The molecular formula is C20H25N9O14P2. The van der Waals surface area contributed by atoms with Gasteiger partial charge in [0.1, 0.15) is 42.7 Å². The third-order valence-corrected chi connectivity index (χ3v) is 8.55. The number of H-pyrrole nitrogens is 2. The lowest BCUT2D eigenvalue weighted by Gasteiger charge is -2.25. The highest BCUT2D eigenvalue weighted by molar-refractivity contribution is 7.47. The summed E-state index contributed by atoms with van der Waals surface area (Å²) >= 11 is 0. The van der Waals surface area contributed by atoms with E-state index in [1.807, 2.05) is 0 Å². The number of nitrogens with one attached hydrogen (secondary N) is 2. The van der Waals surface area contributed by atoms with Crippen LogP contribution in [0.4, 0.5) is 5.95 Å². The molecule has 0 aromatic carbocycles. The van der Waals surface area contributed by atoms with Crippen molar-refractivity contribution in [1.29, 1.82) is 0 Å². The average Bonchev–Trinajstić information content (AvgIpc) is 3.73. The number of aliphatic hydroxyl groups excluding tert-OH is 3. The summed E-state index contributed by atoms with van der Waals surface area (Å²) in [5, 5.41) is 35.2. The molecule has 6 rings (SSSR count). The molecule has 0 amide bonds. The molecule has 0 radical (unpaired) electrons. The molecule has 2 unspecified atom stereocenters. The fourth-order valence-corrected chi connectivity index (χ4v) is 6.58. The number of aliphatic hydroxyl groups is 3. The first kappa shape index (κ1) is 31.5. The minimum Gasteiger partial charge on any atom is -0.394 e. The van der Waals surface area contributed by atoms with Gasteiger partial charge in [-0.05, 0) is 0 Å². The number of nitrogen functional groups attached to an aromatic ring is 1. The van der Waals surface area contributed by atoms with E-state index in [9.17, 15) is 43.8 Å². The maximum Gasteiger partial charge on any atom is 0.472 e. The van der Waals surface area contributed by atoms with Gasteiger partial charge in [-0.2, -0.15) is 14.6 Å². The van der Waals surface area contributed by atoms with Crippen LogP contribution < -0.4 is 17.0 Å². The fraction of sp³-hybridized carbons (Fsp3) is 0.500. The van der Waals surface area contributed by atoms with Crippen molar-refractivity contribution >= 4 is 38.8 Å². The molecule has 4 aromatic rings. The molecular weight excluding hydrogens is 652 g/mol. The number of aromatic amines is 2. The lowest BCUT2D eigenvalue weighted by atomic mass is 10.0. The van der Waals surface area contributed by atoms with Gasteiger partial charge < -0.3 is 44.8 Å². The Bertz CT molecular complexity index is 1910. The highest BCUT2D eigenvalue weighted by Gasteiger charge is 2.51. The number of fused-ring (bicyclic) bond motifs is 2. The van der Waals surface area contributed by atoms with Crippen LogP contribution >= 0.6 is 16.1 Å². The van der Waals surface area contributed by atoms with Crippen molar-refractivity contribution < 1.29 is 57.3 Å². The van der Waals surface area contributed by atoms with E-state index in [2.05, 4.69) is 30.0 Å². The van der Waals surface area contributed by atoms with Crippen LogP contribution in [0.3, 0.4) is 0 Å². The first-order chi connectivity index (χ1) is 21.4. The Balaban J connectivity index is 1.23. The second-order valence-corrected chi connectivity index (χ2v) is 12.0. The predicted octanol–water partition coefficient (Wildman–Crippen LogP) is -3.55. The van der Waals surface area contributed by atoms with Gasteiger partial charge in [-0.1, -0.05) is 0 Å². The third-order valence-electron chi connectivity index (χ3n) is 7.09. The molecule has 9 N–H and O–H groups in total. The van der Waals surface area contributed by atoms with Gasteiger partial charge in [0.25, 0.3) is 5.56 Å². The second kappa shape index (κ2) is 12.1. The number of imidazole rings is 1. The fourth-order valence-electron chi connectivity index (χ4n) is 5.12. The minimum absolute atomic E-state index is 0.0131. The standard InChI is InChI=1S/C20H25N9O14P2/c21-19-26-16-9(17(33)27-19)24-5-28(16)18-14(10(31)7(2-30)41-18)43-45(37,38)39-3-8-13(42-44(35)36)11(32)12(40-8)6-1-25-29-15(6)22-4-23-20(29)34/h1,4-5,7-8,10-14,18,30-32,44H,2-3H2,(H,35,36)(H,37,38)(H,22,23,34)(H3,21,26,27,33)/t7-,8-,10+,11-,12+,13+,14+,18-/m1/s1. The smallest absolute Gasteiger partial charge is 0.394 e. The maximum absolute atomic E-state index is 13.1. The Morgan fingerprint density at radius 1 is 1.13 bits per heavy atom. The van der Waals surface area contributed by atoms with Crippen LogP contribution in [0, 0.1) is 0 Å². The summed E-state index contributed by atoms with van der Waals surface area (Å²) in [6, 6.07) is 0. The van der Waals surface area contributed by atoms with Crippen LogP contribution in [0.25, 0.3) is 16.8 Å². The van der Waals surface area contributed by atoms with Crippen molar-refractivity contribution in [2.75, 3.05) is 18.9 Å². The number of phosphoric acid groups is 1. The zero-order valence-electron chi connectivity index (χ0n) is 22.4. The van der Waals surface area contributed by atoms with Crippen molar-refractivity contribution in [3.8, 4) is 0 Å². The highest BCUT2D eigenvalue weighted by Crippen LogP contribution is 2.50. The zero-order chi connectivity index (χ0) is 32.2. The molecule has 0 aliphatic carbocycles. The van der Waals surface area contributed by atoms with Crippen LogP contribution in [0.15, 0.2) is 28.4 Å². The zero-order valence-corrected chi connectivity index (χ0v) is 24.3. The third kappa shape index (κ3) is 5.85. The van der Waals surface area contributed by atoms with Gasteiger partial charge in [0, 0.05) is 5.56 Å². The van der Waals surface area contributed by atoms with Gasteiger partial charge in [0.2, 0.25) is 5.95 Å². The molecule has 6 heterocycles. The number of hydrogen-bond donors (Lipinski definition) is 8. The lowest BCUT2D eigenvalue weighted by Crippen LogP contribution is -2.36.